The zero-order valence-electron chi connectivity index (χ0n) is 17.7. The van der Waals surface area contributed by atoms with E-state index < -0.39 is 5.91 Å². The van der Waals surface area contributed by atoms with Crippen LogP contribution in [0.1, 0.15) is 21.5 Å². The molecule has 3 aromatic carbocycles. The molecule has 6 nitrogen and oxygen atoms in total. The minimum Gasteiger partial charge on any atom is -0.345 e. The van der Waals surface area contributed by atoms with Gasteiger partial charge in [0.25, 0.3) is 5.91 Å². The topological polar surface area (TPSA) is 78.5 Å². The first-order valence-corrected chi connectivity index (χ1v) is 10.9. The lowest BCUT2D eigenvalue weighted by molar-refractivity contribution is -0.124. The van der Waals surface area contributed by atoms with Crippen LogP contribution in [-0.2, 0) is 16.1 Å². The SMILES string of the molecule is Cc1cccc(NC(=O)CNC(=O)CN(Cc2ccccc2)C(=O)c2cccc(Br)c2)c1. The number of hydrogen-bond donors (Lipinski definition) is 2. The maximum Gasteiger partial charge on any atom is 0.254 e. The molecule has 0 saturated carbocycles. The molecule has 0 aliphatic rings. The first kappa shape index (κ1) is 23.2. The van der Waals surface area contributed by atoms with Gasteiger partial charge in [0.05, 0.1) is 6.54 Å². The number of amides is 3. The third kappa shape index (κ3) is 7.06. The van der Waals surface area contributed by atoms with Crippen molar-refractivity contribution in [3.05, 3.63) is 100 Å². The van der Waals surface area contributed by atoms with Gasteiger partial charge >= 0.3 is 0 Å². The van der Waals surface area contributed by atoms with E-state index in [9.17, 15) is 14.4 Å². The number of halogens is 1. The van der Waals surface area contributed by atoms with Gasteiger partial charge in [0.15, 0.2) is 0 Å². The Morgan fingerprint density at radius 1 is 0.875 bits per heavy atom. The van der Waals surface area contributed by atoms with Crippen LogP contribution in [0.5, 0.6) is 0 Å². The summed E-state index contributed by atoms with van der Waals surface area (Å²) >= 11 is 3.38. The molecule has 0 heterocycles. The third-order valence-electron chi connectivity index (χ3n) is 4.66. The van der Waals surface area contributed by atoms with Gasteiger partial charge in [-0.25, -0.2) is 0 Å². The van der Waals surface area contributed by atoms with E-state index in [0.717, 1.165) is 15.6 Å². The van der Waals surface area contributed by atoms with Gasteiger partial charge in [0.2, 0.25) is 11.8 Å². The highest BCUT2D eigenvalue weighted by molar-refractivity contribution is 9.10. The van der Waals surface area contributed by atoms with Gasteiger partial charge in [-0.3, -0.25) is 14.4 Å². The van der Waals surface area contributed by atoms with Crippen LogP contribution in [0, 0.1) is 6.92 Å². The van der Waals surface area contributed by atoms with Crippen molar-refractivity contribution in [3.63, 3.8) is 0 Å². The Morgan fingerprint density at radius 2 is 1.62 bits per heavy atom. The number of rotatable bonds is 8. The van der Waals surface area contributed by atoms with E-state index in [-0.39, 0.29) is 31.4 Å². The second-order valence-corrected chi connectivity index (χ2v) is 8.27. The lowest BCUT2D eigenvalue weighted by Crippen LogP contribution is -2.42. The summed E-state index contributed by atoms with van der Waals surface area (Å²) in [5, 5.41) is 5.34. The Hall–Kier alpha value is -3.45. The number of hydrogen-bond acceptors (Lipinski definition) is 3. The summed E-state index contributed by atoms with van der Waals surface area (Å²) in [7, 11) is 0. The number of carbonyl (C=O) groups excluding carboxylic acids is 3. The fourth-order valence-electron chi connectivity index (χ4n) is 3.14. The number of anilines is 1. The fraction of sp³-hybridized carbons (Fsp3) is 0.160. The predicted molar refractivity (Wildman–Crippen MR) is 128 cm³/mol. The smallest absolute Gasteiger partial charge is 0.254 e. The molecule has 0 bridgehead atoms. The van der Waals surface area contributed by atoms with Crippen molar-refractivity contribution in [1.29, 1.82) is 0 Å². The molecule has 164 valence electrons. The molecule has 0 spiro atoms. The maximum absolute atomic E-state index is 13.1. The summed E-state index contributed by atoms with van der Waals surface area (Å²) in [6.45, 7) is 1.85. The van der Waals surface area contributed by atoms with E-state index in [0.29, 0.717) is 11.3 Å². The second-order valence-electron chi connectivity index (χ2n) is 7.35. The molecule has 0 aliphatic heterocycles. The first-order chi connectivity index (χ1) is 15.4. The summed E-state index contributed by atoms with van der Waals surface area (Å²) < 4.78 is 0.778. The first-order valence-electron chi connectivity index (χ1n) is 10.1. The molecular weight excluding hydrogens is 470 g/mol. The van der Waals surface area contributed by atoms with Crippen molar-refractivity contribution in [2.24, 2.45) is 0 Å². The highest BCUT2D eigenvalue weighted by Crippen LogP contribution is 2.15. The Kier molecular flexibility index (Phi) is 8.16. The van der Waals surface area contributed by atoms with Crippen molar-refractivity contribution in [3.8, 4) is 0 Å². The number of carbonyl (C=O) groups is 3. The number of nitrogens with one attached hydrogen (secondary N) is 2. The van der Waals surface area contributed by atoms with Crippen molar-refractivity contribution >= 4 is 39.3 Å². The second kappa shape index (κ2) is 11.2. The fourth-order valence-corrected chi connectivity index (χ4v) is 3.54. The van der Waals surface area contributed by atoms with E-state index in [2.05, 4.69) is 26.6 Å². The number of nitrogens with zero attached hydrogens (tertiary/aromatic N) is 1. The minimum absolute atomic E-state index is 0.169. The van der Waals surface area contributed by atoms with Crippen molar-refractivity contribution in [1.82, 2.24) is 10.2 Å². The van der Waals surface area contributed by atoms with Gasteiger partial charge in [0.1, 0.15) is 6.54 Å². The van der Waals surface area contributed by atoms with Crippen LogP contribution in [0.4, 0.5) is 5.69 Å². The normalized spacial score (nSPS) is 10.3. The lowest BCUT2D eigenvalue weighted by atomic mass is 10.1. The summed E-state index contributed by atoms with van der Waals surface area (Å²) in [4.78, 5) is 39.3. The Labute approximate surface area is 195 Å². The van der Waals surface area contributed by atoms with E-state index >= 15 is 0 Å². The van der Waals surface area contributed by atoms with E-state index in [1.807, 2.05) is 61.5 Å². The van der Waals surface area contributed by atoms with Gasteiger partial charge in [0, 0.05) is 22.3 Å². The highest BCUT2D eigenvalue weighted by Gasteiger charge is 2.20. The van der Waals surface area contributed by atoms with E-state index in [4.69, 9.17) is 0 Å². The number of aryl methyl sites for hydroxylation is 1. The third-order valence-corrected chi connectivity index (χ3v) is 5.15. The Morgan fingerprint density at radius 3 is 2.34 bits per heavy atom. The summed E-state index contributed by atoms with van der Waals surface area (Å²) in [5.41, 5.74) is 3.07. The maximum atomic E-state index is 13.1. The van der Waals surface area contributed by atoms with E-state index in [1.54, 1.807) is 24.3 Å². The molecule has 32 heavy (non-hydrogen) atoms. The van der Waals surface area contributed by atoms with Crippen LogP contribution in [0.15, 0.2) is 83.3 Å². The molecule has 0 atom stereocenters. The lowest BCUT2D eigenvalue weighted by Gasteiger charge is -2.22. The molecule has 0 radical (unpaired) electrons. The van der Waals surface area contributed by atoms with Crippen LogP contribution in [0.3, 0.4) is 0 Å². The summed E-state index contributed by atoms with van der Waals surface area (Å²) in [6.07, 6.45) is 0. The molecule has 3 rings (SSSR count). The molecule has 2 N–H and O–H groups in total. The molecule has 0 unspecified atom stereocenters. The molecule has 0 fully saturated rings. The zero-order valence-corrected chi connectivity index (χ0v) is 19.3. The molecule has 0 aliphatic carbocycles. The molecule has 7 heteroatoms. The van der Waals surface area contributed by atoms with Crippen molar-refractivity contribution in [2.45, 2.75) is 13.5 Å². The standard InChI is InChI=1S/C25H24BrN3O3/c1-18-7-5-12-22(13-18)28-23(30)15-27-24(31)17-29(16-19-8-3-2-4-9-19)25(32)20-10-6-11-21(26)14-20/h2-14H,15-17H2,1H3,(H,27,31)(H,28,30). The van der Waals surface area contributed by atoms with Gasteiger partial charge in [-0.05, 0) is 48.4 Å². The van der Waals surface area contributed by atoms with E-state index in [1.165, 1.54) is 4.90 Å². The molecule has 3 aromatic rings. The Bertz CT molecular complexity index is 1100. The summed E-state index contributed by atoms with van der Waals surface area (Å²) in [6, 6.07) is 23.9. The van der Waals surface area contributed by atoms with Crippen LogP contribution in [0.2, 0.25) is 0 Å². The van der Waals surface area contributed by atoms with Crippen molar-refractivity contribution in [2.75, 3.05) is 18.4 Å². The molecular formula is C25H24BrN3O3. The minimum atomic E-state index is -0.413. The predicted octanol–water partition coefficient (Wildman–Crippen LogP) is 4.15. The quantitative estimate of drug-likeness (QED) is 0.494. The van der Waals surface area contributed by atoms with Gasteiger partial charge < -0.3 is 15.5 Å². The van der Waals surface area contributed by atoms with Gasteiger partial charge in [-0.1, -0.05) is 64.5 Å². The molecule has 0 saturated heterocycles. The highest BCUT2D eigenvalue weighted by atomic mass is 79.9. The monoisotopic (exact) mass is 493 g/mol. The van der Waals surface area contributed by atoms with Crippen LogP contribution >= 0.6 is 15.9 Å². The average Bonchev–Trinajstić information content (AvgIpc) is 2.77. The average molecular weight is 494 g/mol. The summed E-state index contributed by atoms with van der Waals surface area (Å²) in [5.74, 6) is -1.02. The zero-order chi connectivity index (χ0) is 22.9. The van der Waals surface area contributed by atoms with Gasteiger partial charge in [-0.2, -0.15) is 0 Å². The molecule has 3 amide bonds. The largest absolute Gasteiger partial charge is 0.345 e. The van der Waals surface area contributed by atoms with Crippen molar-refractivity contribution < 1.29 is 14.4 Å². The number of benzene rings is 3. The van der Waals surface area contributed by atoms with Crippen LogP contribution in [-0.4, -0.2) is 35.7 Å². The Balaban J connectivity index is 1.63. The molecule has 0 aromatic heterocycles. The van der Waals surface area contributed by atoms with Gasteiger partial charge in [-0.15, -0.1) is 0 Å². The van der Waals surface area contributed by atoms with Crippen LogP contribution < -0.4 is 10.6 Å². The van der Waals surface area contributed by atoms with Crippen LogP contribution in [0.25, 0.3) is 0 Å².